The van der Waals surface area contributed by atoms with Crippen LogP contribution in [0, 0.1) is 17.8 Å². The van der Waals surface area contributed by atoms with Gasteiger partial charge in [-0.25, -0.2) is 0 Å². The Hall–Kier alpha value is -0.250. The summed E-state index contributed by atoms with van der Waals surface area (Å²) >= 11 is -1.07. The van der Waals surface area contributed by atoms with Crippen molar-refractivity contribution in [3.8, 4) is 12.3 Å². The zero-order valence-electron chi connectivity index (χ0n) is 12.0. The van der Waals surface area contributed by atoms with E-state index >= 15 is 0 Å². The highest BCUT2D eigenvalue weighted by Gasteiger charge is 2.49. The van der Waals surface area contributed by atoms with Crippen LogP contribution < -0.4 is 10.0 Å². The summed E-state index contributed by atoms with van der Waals surface area (Å²) in [6.45, 7) is 8.41. The minimum absolute atomic E-state index is 0.0309. The molecule has 0 aromatic rings. The van der Waals surface area contributed by atoms with Gasteiger partial charge in [-0.1, -0.05) is 5.92 Å². The van der Waals surface area contributed by atoms with Crippen LogP contribution in [0.5, 0.6) is 0 Å². The summed E-state index contributed by atoms with van der Waals surface area (Å²) in [6, 6.07) is 0.152. The molecule has 2 rings (SSSR count). The van der Waals surface area contributed by atoms with Gasteiger partial charge >= 0.3 is 0 Å². The van der Waals surface area contributed by atoms with Gasteiger partial charge in [0.05, 0.1) is 12.6 Å². The largest absolute Gasteiger partial charge is 0.598 e. The van der Waals surface area contributed by atoms with Gasteiger partial charge in [-0.3, -0.25) is 0 Å². The van der Waals surface area contributed by atoms with Gasteiger partial charge in [0, 0.05) is 23.3 Å². The Morgan fingerprint density at radius 1 is 1.53 bits per heavy atom. The summed E-state index contributed by atoms with van der Waals surface area (Å²) in [4.78, 5) is 0. The molecule has 2 unspecified atom stereocenters. The lowest BCUT2D eigenvalue weighted by Crippen LogP contribution is -2.59. The van der Waals surface area contributed by atoms with Gasteiger partial charge in [-0.15, -0.1) is 11.1 Å². The van der Waals surface area contributed by atoms with E-state index in [0.717, 1.165) is 25.9 Å². The normalized spacial score (nSPS) is 37.2. The molecule has 0 bridgehead atoms. The summed E-state index contributed by atoms with van der Waals surface area (Å²) in [5, 5.41) is 3.37. The second kappa shape index (κ2) is 5.63. The van der Waals surface area contributed by atoms with Crippen molar-refractivity contribution in [2.75, 3.05) is 19.7 Å². The number of piperidine rings is 1. The molecule has 2 aliphatic heterocycles. The second-order valence-electron chi connectivity index (χ2n) is 6.54. The molecule has 5 heteroatoms. The number of hydrogen-bond donors (Lipinski definition) is 2. The van der Waals surface area contributed by atoms with Crippen molar-refractivity contribution in [1.82, 2.24) is 10.0 Å². The third kappa shape index (κ3) is 3.26. The van der Waals surface area contributed by atoms with Crippen molar-refractivity contribution in [2.24, 2.45) is 5.41 Å². The molecule has 0 aromatic heterocycles. The summed E-state index contributed by atoms with van der Waals surface area (Å²) < 4.78 is 21.0. The molecule has 0 saturated carbocycles. The number of ether oxygens (including phenoxy) is 1. The van der Waals surface area contributed by atoms with Crippen LogP contribution in [0.4, 0.5) is 0 Å². The molecular formula is C14H24N2O2S. The van der Waals surface area contributed by atoms with Crippen molar-refractivity contribution in [3.63, 3.8) is 0 Å². The van der Waals surface area contributed by atoms with E-state index in [1.165, 1.54) is 0 Å². The van der Waals surface area contributed by atoms with Crippen LogP contribution in [0.1, 0.15) is 33.6 Å². The molecule has 0 aliphatic carbocycles. The molecule has 4 atom stereocenters. The fraction of sp³-hybridized carbons (Fsp3) is 0.857. The maximum Gasteiger partial charge on any atom is 0.136 e. The van der Waals surface area contributed by atoms with Gasteiger partial charge in [0.2, 0.25) is 0 Å². The van der Waals surface area contributed by atoms with Gasteiger partial charge in [-0.05, 0) is 40.2 Å². The lowest BCUT2D eigenvalue weighted by molar-refractivity contribution is 0.0935. The maximum absolute atomic E-state index is 12.3. The highest BCUT2D eigenvalue weighted by molar-refractivity contribution is 7.90. The summed E-state index contributed by atoms with van der Waals surface area (Å²) in [5.74, 6) is 2.69. The van der Waals surface area contributed by atoms with Crippen LogP contribution in [0.3, 0.4) is 0 Å². The predicted octanol–water partition coefficient (Wildman–Crippen LogP) is 0.809. The molecule has 19 heavy (non-hydrogen) atoms. The van der Waals surface area contributed by atoms with Crippen LogP contribution in [0.2, 0.25) is 0 Å². The number of nitrogens with one attached hydrogen (secondary N) is 2. The molecule has 2 saturated heterocycles. The molecule has 2 N–H and O–H groups in total. The lowest BCUT2D eigenvalue weighted by Gasteiger charge is -2.41. The summed E-state index contributed by atoms with van der Waals surface area (Å²) in [5.41, 5.74) is 0.0309. The molecule has 0 amide bonds. The van der Waals surface area contributed by atoms with E-state index in [1.54, 1.807) is 0 Å². The first-order valence-corrected chi connectivity index (χ1v) is 7.99. The fourth-order valence-electron chi connectivity index (χ4n) is 2.72. The van der Waals surface area contributed by atoms with Crippen LogP contribution in [0.25, 0.3) is 0 Å². The van der Waals surface area contributed by atoms with Crippen molar-refractivity contribution >= 4 is 11.4 Å². The molecular weight excluding hydrogens is 260 g/mol. The van der Waals surface area contributed by atoms with E-state index < -0.39 is 11.4 Å². The van der Waals surface area contributed by atoms with E-state index in [4.69, 9.17) is 11.2 Å². The Balaban J connectivity index is 2.07. The standard InChI is InChI=1S/C14H24N2O2S/c1-5-11-8-14(10-18-11)6-7-15-9-12(14)16-19(17)13(2,3)4/h1,11-12,15-16H,6-10H2,2-4H3/t11-,12?,14?,19+/m0/s1. The van der Waals surface area contributed by atoms with Crippen molar-refractivity contribution < 1.29 is 9.29 Å². The molecule has 2 fully saturated rings. The van der Waals surface area contributed by atoms with Crippen LogP contribution in [-0.4, -0.2) is 41.1 Å². The van der Waals surface area contributed by atoms with Gasteiger partial charge in [0.1, 0.15) is 10.9 Å². The zero-order chi connectivity index (χ0) is 14.1. The summed E-state index contributed by atoms with van der Waals surface area (Å²) in [7, 11) is 0. The summed E-state index contributed by atoms with van der Waals surface area (Å²) in [6.07, 6.45) is 7.26. The molecule has 108 valence electrons. The maximum atomic E-state index is 12.3. The van der Waals surface area contributed by atoms with E-state index in [1.807, 2.05) is 20.8 Å². The number of terminal acetylenes is 1. The van der Waals surface area contributed by atoms with E-state index in [-0.39, 0.29) is 22.3 Å². The van der Waals surface area contributed by atoms with Gasteiger partial charge < -0.3 is 14.6 Å². The van der Waals surface area contributed by atoms with Crippen molar-refractivity contribution in [2.45, 2.75) is 50.5 Å². The minimum Gasteiger partial charge on any atom is -0.598 e. The SMILES string of the molecule is C#C[C@H]1CC2(CCNCC2N[S@+]([O-])C(C)(C)C)CO1. The van der Waals surface area contributed by atoms with E-state index in [9.17, 15) is 4.55 Å². The van der Waals surface area contributed by atoms with Gasteiger partial charge in [0.25, 0.3) is 0 Å². The highest BCUT2D eigenvalue weighted by Crippen LogP contribution is 2.41. The average molecular weight is 284 g/mol. The first-order chi connectivity index (χ1) is 8.87. The molecule has 2 aliphatic rings. The van der Waals surface area contributed by atoms with E-state index in [0.29, 0.717) is 6.61 Å². The van der Waals surface area contributed by atoms with E-state index in [2.05, 4.69) is 16.0 Å². The van der Waals surface area contributed by atoms with Gasteiger partial charge in [-0.2, -0.15) is 0 Å². The number of hydrogen-bond acceptors (Lipinski definition) is 4. The Morgan fingerprint density at radius 3 is 2.84 bits per heavy atom. The average Bonchev–Trinajstić information content (AvgIpc) is 2.75. The third-order valence-corrected chi connectivity index (χ3v) is 5.65. The Kier molecular flexibility index (Phi) is 4.49. The quantitative estimate of drug-likeness (QED) is 0.582. The molecule has 4 nitrogen and oxygen atoms in total. The van der Waals surface area contributed by atoms with Crippen LogP contribution in [0.15, 0.2) is 0 Å². The van der Waals surface area contributed by atoms with Crippen LogP contribution in [-0.2, 0) is 16.1 Å². The Bertz CT molecular complexity index is 363. The topological polar surface area (TPSA) is 56.3 Å². The minimum atomic E-state index is -1.07. The van der Waals surface area contributed by atoms with Crippen LogP contribution >= 0.6 is 0 Å². The molecule has 0 aromatic carbocycles. The molecule has 1 spiro atoms. The first-order valence-electron chi connectivity index (χ1n) is 6.84. The third-order valence-electron chi connectivity index (χ3n) is 4.04. The molecule has 0 radical (unpaired) electrons. The lowest BCUT2D eigenvalue weighted by atomic mass is 9.74. The zero-order valence-corrected chi connectivity index (χ0v) is 12.8. The monoisotopic (exact) mass is 284 g/mol. The Morgan fingerprint density at radius 2 is 2.26 bits per heavy atom. The van der Waals surface area contributed by atoms with Gasteiger partial charge in [0.15, 0.2) is 0 Å². The van der Waals surface area contributed by atoms with Crippen molar-refractivity contribution in [3.05, 3.63) is 0 Å². The van der Waals surface area contributed by atoms with Crippen molar-refractivity contribution in [1.29, 1.82) is 0 Å². The predicted molar refractivity (Wildman–Crippen MR) is 77.9 cm³/mol. The fourth-order valence-corrected chi connectivity index (χ4v) is 3.67. The smallest absolute Gasteiger partial charge is 0.136 e. The highest BCUT2D eigenvalue weighted by atomic mass is 32.2. The second-order valence-corrected chi connectivity index (χ2v) is 8.54. The Labute approximate surface area is 119 Å². The molecule has 2 heterocycles. The first kappa shape index (κ1) is 15.1. The number of rotatable bonds is 2.